The van der Waals surface area contributed by atoms with Crippen molar-refractivity contribution in [3.8, 4) is 0 Å². The van der Waals surface area contributed by atoms with E-state index in [0.717, 1.165) is 67.3 Å². The molecule has 2 fully saturated rings. The van der Waals surface area contributed by atoms with Gasteiger partial charge in [0.15, 0.2) is 0 Å². The maximum atomic E-state index is 12.4. The maximum absolute atomic E-state index is 12.4. The highest BCUT2D eigenvalue weighted by Gasteiger charge is 2.31. The molecular weight excluding hydrogens is 426 g/mol. The molecule has 2 heterocycles. The largest absolute Gasteiger partial charge is 0.467 e. The normalized spacial score (nSPS) is 25.4. The van der Waals surface area contributed by atoms with Gasteiger partial charge in [-0.3, -0.25) is 9.80 Å². The summed E-state index contributed by atoms with van der Waals surface area (Å²) in [5.74, 6) is 2.96. The quantitative estimate of drug-likeness (QED) is 0.613. The molecule has 34 heavy (non-hydrogen) atoms. The zero-order chi connectivity index (χ0) is 24.2. The Kier molecular flexibility index (Phi) is 8.04. The number of methoxy groups -OCH3 is 1. The fourth-order valence-electron chi connectivity index (χ4n) is 5.77. The van der Waals surface area contributed by atoms with Crippen LogP contribution in [-0.2, 0) is 16.1 Å². The molecule has 7 heteroatoms. The zero-order valence-corrected chi connectivity index (χ0v) is 21.5. The summed E-state index contributed by atoms with van der Waals surface area (Å²) >= 11 is 0. The first kappa shape index (κ1) is 24.9. The third kappa shape index (κ3) is 5.87. The second-order valence-electron chi connectivity index (χ2n) is 10.8. The van der Waals surface area contributed by atoms with E-state index >= 15 is 0 Å². The van der Waals surface area contributed by atoms with Crippen LogP contribution in [0.4, 0.5) is 5.82 Å². The lowest BCUT2D eigenvalue weighted by atomic mass is 9.79. The molecule has 186 valence electrons. The third-order valence-electron chi connectivity index (χ3n) is 7.51. The Morgan fingerprint density at radius 3 is 2.38 bits per heavy atom. The van der Waals surface area contributed by atoms with Crippen molar-refractivity contribution in [2.45, 2.75) is 65.6 Å². The molecular formula is C27H41N5O2. The van der Waals surface area contributed by atoms with Crippen molar-refractivity contribution in [3.05, 3.63) is 30.1 Å². The van der Waals surface area contributed by atoms with Gasteiger partial charge in [0.2, 0.25) is 0 Å². The number of aromatic nitrogens is 2. The number of rotatable bonds is 7. The molecule has 1 aromatic carbocycles. The summed E-state index contributed by atoms with van der Waals surface area (Å²) < 4.78 is 5.03. The number of esters is 1. The second kappa shape index (κ2) is 11.0. The van der Waals surface area contributed by atoms with Gasteiger partial charge in [0.25, 0.3) is 0 Å². The fourth-order valence-corrected chi connectivity index (χ4v) is 5.77. The maximum Gasteiger partial charge on any atom is 0.328 e. The van der Waals surface area contributed by atoms with Crippen LogP contribution < -0.4 is 5.32 Å². The van der Waals surface area contributed by atoms with Crippen molar-refractivity contribution in [2.24, 2.45) is 17.8 Å². The van der Waals surface area contributed by atoms with Crippen molar-refractivity contribution in [2.75, 3.05) is 38.6 Å². The molecule has 0 radical (unpaired) electrons. The van der Waals surface area contributed by atoms with Crippen molar-refractivity contribution in [1.82, 2.24) is 19.8 Å². The van der Waals surface area contributed by atoms with E-state index in [-0.39, 0.29) is 11.9 Å². The average molecular weight is 468 g/mol. The van der Waals surface area contributed by atoms with Crippen molar-refractivity contribution >= 4 is 22.7 Å². The highest BCUT2D eigenvalue weighted by Crippen LogP contribution is 2.32. The molecule has 1 aliphatic carbocycles. The van der Waals surface area contributed by atoms with Gasteiger partial charge in [-0.05, 0) is 49.1 Å². The van der Waals surface area contributed by atoms with Crippen LogP contribution in [0.1, 0.15) is 52.8 Å². The second-order valence-corrected chi connectivity index (χ2v) is 10.8. The van der Waals surface area contributed by atoms with Gasteiger partial charge in [0.1, 0.15) is 17.7 Å². The van der Waals surface area contributed by atoms with Gasteiger partial charge in [-0.25, -0.2) is 14.8 Å². The van der Waals surface area contributed by atoms with E-state index in [4.69, 9.17) is 14.7 Å². The molecule has 1 aromatic heterocycles. The monoisotopic (exact) mass is 467 g/mol. The van der Waals surface area contributed by atoms with Crippen LogP contribution in [0.2, 0.25) is 0 Å². The number of para-hydroxylation sites is 1. The molecule has 1 N–H and O–H groups in total. The number of nitrogens with one attached hydrogen (secondary N) is 1. The van der Waals surface area contributed by atoms with Crippen LogP contribution in [0.15, 0.2) is 24.3 Å². The Labute approximate surface area is 204 Å². The van der Waals surface area contributed by atoms with Crippen LogP contribution >= 0.6 is 0 Å². The Hall–Kier alpha value is -2.25. The number of carbonyl (C=O) groups excluding carboxylic acids is 1. The minimum absolute atomic E-state index is 0.0722. The smallest absolute Gasteiger partial charge is 0.328 e. The predicted octanol–water partition coefficient (Wildman–Crippen LogP) is 4.18. The number of piperazine rings is 1. The van der Waals surface area contributed by atoms with E-state index in [1.54, 1.807) is 0 Å². The summed E-state index contributed by atoms with van der Waals surface area (Å²) in [6, 6.07) is 8.26. The topological polar surface area (TPSA) is 70.6 Å². The molecule has 0 amide bonds. The Bertz CT molecular complexity index is 963. The van der Waals surface area contributed by atoms with Gasteiger partial charge >= 0.3 is 5.97 Å². The predicted molar refractivity (Wildman–Crippen MR) is 137 cm³/mol. The third-order valence-corrected chi connectivity index (χ3v) is 7.51. The van der Waals surface area contributed by atoms with E-state index < -0.39 is 6.04 Å². The lowest BCUT2D eigenvalue weighted by Gasteiger charge is -2.43. The summed E-state index contributed by atoms with van der Waals surface area (Å²) in [5, 5.41) is 4.28. The highest BCUT2D eigenvalue weighted by atomic mass is 16.5. The summed E-state index contributed by atoms with van der Waals surface area (Å²) in [4.78, 5) is 27.3. The van der Waals surface area contributed by atoms with Crippen molar-refractivity contribution < 1.29 is 9.53 Å². The van der Waals surface area contributed by atoms with E-state index in [2.05, 4.69) is 29.0 Å². The number of nitrogens with zero attached hydrogens (tertiary/aromatic N) is 4. The average Bonchev–Trinajstić information content (AvgIpc) is 2.81. The van der Waals surface area contributed by atoms with E-state index in [1.807, 2.05) is 38.1 Å². The number of benzene rings is 1. The zero-order valence-electron chi connectivity index (χ0n) is 21.5. The Morgan fingerprint density at radius 2 is 1.74 bits per heavy atom. The van der Waals surface area contributed by atoms with Crippen LogP contribution in [0.3, 0.4) is 0 Å². The lowest BCUT2D eigenvalue weighted by molar-refractivity contribution is -0.142. The molecule has 1 saturated carbocycles. The summed E-state index contributed by atoms with van der Waals surface area (Å²) in [5.41, 5.74) is 0.895. The van der Waals surface area contributed by atoms with Crippen LogP contribution in [0.25, 0.3) is 10.9 Å². The SMILES string of the molecule is COC(=O)[C@@H](Nc1nc(CN2CCN(C3CC(C)CC(C)C3)CC2)nc2ccccc12)C(C)C. The first-order chi connectivity index (χ1) is 16.3. The number of carbonyl (C=O) groups is 1. The van der Waals surface area contributed by atoms with Crippen LogP contribution in [-0.4, -0.2) is 71.1 Å². The number of hydrogen-bond donors (Lipinski definition) is 1. The van der Waals surface area contributed by atoms with Crippen LogP contribution in [0, 0.1) is 17.8 Å². The summed E-state index contributed by atoms with van der Waals surface area (Å²) in [6.45, 7) is 13.8. The minimum atomic E-state index is -0.458. The van der Waals surface area contributed by atoms with E-state index in [1.165, 1.54) is 26.4 Å². The van der Waals surface area contributed by atoms with E-state index in [9.17, 15) is 4.79 Å². The van der Waals surface area contributed by atoms with Gasteiger partial charge in [-0.15, -0.1) is 0 Å². The highest BCUT2D eigenvalue weighted by molar-refractivity contribution is 5.91. The molecule has 2 aliphatic rings. The Balaban J connectivity index is 1.46. The number of ether oxygens (including phenoxy) is 1. The molecule has 2 aromatic rings. The van der Waals surface area contributed by atoms with Gasteiger partial charge < -0.3 is 10.1 Å². The molecule has 7 nitrogen and oxygen atoms in total. The van der Waals surface area contributed by atoms with Crippen molar-refractivity contribution in [3.63, 3.8) is 0 Å². The van der Waals surface area contributed by atoms with Crippen molar-refractivity contribution in [1.29, 1.82) is 0 Å². The standard InChI is InChI=1S/C27H41N5O2/c1-18(2)25(27(33)34-5)30-26-22-8-6-7-9-23(22)28-24(29-26)17-31-10-12-32(13-11-31)21-15-19(3)14-20(4)16-21/h6-9,18-21,25H,10-17H2,1-5H3,(H,28,29,30)/t19?,20?,21?,25-/m0/s1. The molecule has 2 unspecified atom stereocenters. The van der Waals surface area contributed by atoms with Gasteiger partial charge in [-0.2, -0.15) is 0 Å². The molecule has 0 bridgehead atoms. The Morgan fingerprint density at radius 1 is 1.06 bits per heavy atom. The molecule has 1 aliphatic heterocycles. The summed E-state index contributed by atoms with van der Waals surface area (Å²) in [6.07, 6.45) is 4.05. The van der Waals surface area contributed by atoms with Gasteiger partial charge in [0, 0.05) is 37.6 Å². The van der Waals surface area contributed by atoms with Gasteiger partial charge in [-0.1, -0.05) is 39.8 Å². The number of fused-ring (bicyclic) bond motifs is 1. The fraction of sp³-hybridized carbons (Fsp3) is 0.667. The molecule has 3 atom stereocenters. The number of hydrogen-bond acceptors (Lipinski definition) is 7. The first-order valence-corrected chi connectivity index (χ1v) is 12.9. The number of anilines is 1. The lowest BCUT2D eigenvalue weighted by Crippen LogP contribution is -2.51. The molecule has 4 rings (SSSR count). The van der Waals surface area contributed by atoms with Gasteiger partial charge in [0.05, 0.1) is 19.2 Å². The molecule has 0 spiro atoms. The molecule has 1 saturated heterocycles. The minimum Gasteiger partial charge on any atom is -0.467 e. The first-order valence-electron chi connectivity index (χ1n) is 12.9. The van der Waals surface area contributed by atoms with Crippen LogP contribution in [0.5, 0.6) is 0 Å². The van der Waals surface area contributed by atoms with E-state index in [0.29, 0.717) is 5.82 Å². The summed E-state index contributed by atoms with van der Waals surface area (Å²) in [7, 11) is 1.43.